The largest absolute Gasteiger partial charge is 0.349 e. The van der Waals surface area contributed by atoms with E-state index in [1.165, 1.54) is 0 Å². The Morgan fingerprint density at radius 3 is 2.48 bits per heavy atom. The van der Waals surface area contributed by atoms with E-state index >= 15 is 0 Å². The third-order valence-corrected chi connectivity index (χ3v) is 3.04. The van der Waals surface area contributed by atoms with Crippen LogP contribution >= 0.6 is 0 Å². The molecule has 0 fully saturated rings. The molecule has 3 N–H and O–H groups in total. The van der Waals surface area contributed by atoms with Crippen LogP contribution in [0.1, 0.15) is 30.6 Å². The SMILES string of the molecule is C=CCNC(=O)c1ccccc1NC(=O)C(=O)NCCC(C)C. The third-order valence-electron chi connectivity index (χ3n) is 3.04. The number of hydrogen-bond donors (Lipinski definition) is 3. The summed E-state index contributed by atoms with van der Waals surface area (Å²) in [5, 5.41) is 7.65. The highest BCUT2D eigenvalue weighted by atomic mass is 16.2. The summed E-state index contributed by atoms with van der Waals surface area (Å²) in [5.74, 6) is -1.42. The third kappa shape index (κ3) is 6.34. The molecule has 0 bridgehead atoms. The molecule has 3 amide bonds. The molecule has 23 heavy (non-hydrogen) atoms. The monoisotopic (exact) mass is 317 g/mol. The smallest absolute Gasteiger partial charge is 0.313 e. The maximum Gasteiger partial charge on any atom is 0.313 e. The van der Waals surface area contributed by atoms with Crippen molar-refractivity contribution in [2.75, 3.05) is 18.4 Å². The van der Waals surface area contributed by atoms with Gasteiger partial charge in [0.15, 0.2) is 0 Å². The Balaban J connectivity index is 2.69. The number of nitrogens with one attached hydrogen (secondary N) is 3. The average Bonchev–Trinajstić information content (AvgIpc) is 2.52. The highest BCUT2D eigenvalue weighted by Gasteiger charge is 2.17. The van der Waals surface area contributed by atoms with Crippen LogP contribution in [0.15, 0.2) is 36.9 Å². The molecule has 1 rings (SSSR count). The molecule has 0 radical (unpaired) electrons. The minimum atomic E-state index is -0.794. The molecule has 0 heterocycles. The molecule has 6 nitrogen and oxygen atoms in total. The summed E-state index contributed by atoms with van der Waals surface area (Å²) in [4.78, 5) is 35.7. The van der Waals surface area contributed by atoms with Gasteiger partial charge in [-0.3, -0.25) is 14.4 Å². The zero-order valence-electron chi connectivity index (χ0n) is 13.5. The maximum absolute atomic E-state index is 12.0. The summed E-state index contributed by atoms with van der Waals surface area (Å²) >= 11 is 0. The second-order valence-electron chi connectivity index (χ2n) is 5.44. The number of anilines is 1. The molecule has 124 valence electrons. The van der Waals surface area contributed by atoms with E-state index in [0.29, 0.717) is 19.0 Å². The van der Waals surface area contributed by atoms with Gasteiger partial charge in [-0.15, -0.1) is 6.58 Å². The standard InChI is InChI=1S/C17H23N3O3/c1-4-10-18-15(21)13-7-5-6-8-14(13)20-17(23)16(22)19-11-9-12(2)3/h4-8,12H,1,9-11H2,2-3H3,(H,18,21)(H,19,22)(H,20,23). The summed E-state index contributed by atoms with van der Waals surface area (Å²) < 4.78 is 0. The van der Waals surface area contributed by atoms with Crippen molar-refractivity contribution >= 4 is 23.4 Å². The lowest BCUT2D eigenvalue weighted by Gasteiger charge is -2.11. The summed E-state index contributed by atoms with van der Waals surface area (Å²) in [6.45, 7) is 8.34. The van der Waals surface area contributed by atoms with Crippen LogP contribution in [0.5, 0.6) is 0 Å². The second-order valence-corrected chi connectivity index (χ2v) is 5.44. The molecule has 0 unspecified atom stereocenters. The van der Waals surface area contributed by atoms with Crippen molar-refractivity contribution < 1.29 is 14.4 Å². The molecule has 0 spiro atoms. The van der Waals surface area contributed by atoms with E-state index in [9.17, 15) is 14.4 Å². The van der Waals surface area contributed by atoms with E-state index in [1.54, 1.807) is 30.3 Å². The van der Waals surface area contributed by atoms with E-state index in [4.69, 9.17) is 0 Å². The second kappa shape index (κ2) is 9.40. The van der Waals surface area contributed by atoms with Gasteiger partial charge in [-0.25, -0.2) is 0 Å². The number of benzene rings is 1. The molecule has 6 heteroatoms. The Hall–Kier alpha value is -2.63. The van der Waals surface area contributed by atoms with E-state index in [2.05, 4.69) is 22.5 Å². The highest BCUT2D eigenvalue weighted by molar-refractivity contribution is 6.40. The predicted octanol–water partition coefficient (Wildman–Crippen LogP) is 1.70. The fourth-order valence-corrected chi connectivity index (χ4v) is 1.78. The summed E-state index contributed by atoms with van der Waals surface area (Å²) in [6.07, 6.45) is 2.35. The van der Waals surface area contributed by atoms with E-state index < -0.39 is 11.8 Å². The quantitative estimate of drug-likeness (QED) is 0.528. The molecule has 0 aliphatic carbocycles. The Labute approximate surface area is 136 Å². The van der Waals surface area contributed by atoms with Gasteiger partial charge in [0.1, 0.15) is 0 Å². The van der Waals surface area contributed by atoms with Crippen LogP contribution in [0.2, 0.25) is 0 Å². The lowest BCUT2D eigenvalue weighted by Crippen LogP contribution is -2.36. The summed E-state index contributed by atoms with van der Waals surface area (Å²) in [5.41, 5.74) is 0.579. The first-order valence-corrected chi connectivity index (χ1v) is 7.53. The van der Waals surface area contributed by atoms with Crippen LogP contribution < -0.4 is 16.0 Å². The lowest BCUT2D eigenvalue weighted by atomic mass is 10.1. The lowest BCUT2D eigenvalue weighted by molar-refractivity contribution is -0.136. The molecule has 0 saturated heterocycles. The molecule has 0 aliphatic rings. The van der Waals surface area contributed by atoms with Crippen LogP contribution in [-0.4, -0.2) is 30.8 Å². The topological polar surface area (TPSA) is 87.3 Å². The molecule has 1 aromatic carbocycles. The number of carbonyl (C=O) groups excluding carboxylic acids is 3. The zero-order valence-corrected chi connectivity index (χ0v) is 13.5. The molecule has 0 saturated carbocycles. The number of para-hydroxylation sites is 1. The summed E-state index contributed by atoms with van der Waals surface area (Å²) in [7, 11) is 0. The molecule has 0 aliphatic heterocycles. The fourth-order valence-electron chi connectivity index (χ4n) is 1.78. The van der Waals surface area contributed by atoms with Crippen molar-refractivity contribution in [2.24, 2.45) is 5.92 Å². The van der Waals surface area contributed by atoms with Crippen LogP contribution in [0.3, 0.4) is 0 Å². The normalized spacial score (nSPS) is 10.0. The first-order chi connectivity index (χ1) is 11.0. The molecular formula is C17H23N3O3. The molecule has 0 atom stereocenters. The van der Waals surface area contributed by atoms with Gasteiger partial charge in [-0.1, -0.05) is 32.1 Å². The molecule has 0 aromatic heterocycles. The van der Waals surface area contributed by atoms with Gasteiger partial charge < -0.3 is 16.0 Å². The maximum atomic E-state index is 12.0. The Morgan fingerprint density at radius 1 is 1.13 bits per heavy atom. The number of hydrogen-bond acceptors (Lipinski definition) is 3. The van der Waals surface area contributed by atoms with Crippen LogP contribution in [0.4, 0.5) is 5.69 Å². The minimum Gasteiger partial charge on any atom is -0.349 e. The van der Waals surface area contributed by atoms with Gasteiger partial charge in [0.25, 0.3) is 5.91 Å². The van der Waals surface area contributed by atoms with Gasteiger partial charge in [-0.05, 0) is 24.5 Å². The first kappa shape index (κ1) is 18.4. The van der Waals surface area contributed by atoms with Gasteiger partial charge in [0, 0.05) is 13.1 Å². The molecular weight excluding hydrogens is 294 g/mol. The zero-order chi connectivity index (χ0) is 17.2. The highest BCUT2D eigenvalue weighted by Crippen LogP contribution is 2.14. The van der Waals surface area contributed by atoms with Gasteiger partial charge in [0.2, 0.25) is 0 Å². The van der Waals surface area contributed by atoms with Crippen molar-refractivity contribution in [3.05, 3.63) is 42.5 Å². The molecule has 1 aromatic rings. The van der Waals surface area contributed by atoms with E-state index in [0.717, 1.165) is 6.42 Å². The van der Waals surface area contributed by atoms with Crippen LogP contribution in [-0.2, 0) is 9.59 Å². The van der Waals surface area contributed by atoms with Crippen molar-refractivity contribution in [2.45, 2.75) is 20.3 Å². The predicted molar refractivity (Wildman–Crippen MR) is 90.1 cm³/mol. The Bertz CT molecular complexity index is 582. The number of carbonyl (C=O) groups is 3. The van der Waals surface area contributed by atoms with Crippen LogP contribution in [0, 0.1) is 5.92 Å². The van der Waals surface area contributed by atoms with Crippen molar-refractivity contribution in [1.82, 2.24) is 10.6 Å². The van der Waals surface area contributed by atoms with E-state index in [1.807, 2.05) is 13.8 Å². The summed E-state index contributed by atoms with van der Waals surface area (Å²) in [6, 6.07) is 6.50. The van der Waals surface area contributed by atoms with Crippen molar-refractivity contribution in [3.63, 3.8) is 0 Å². The van der Waals surface area contributed by atoms with Gasteiger partial charge in [-0.2, -0.15) is 0 Å². The Kier molecular flexibility index (Phi) is 7.53. The van der Waals surface area contributed by atoms with Crippen molar-refractivity contribution in [3.8, 4) is 0 Å². The van der Waals surface area contributed by atoms with E-state index in [-0.39, 0.29) is 17.2 Å². The van der Waals surface area contributed by atoms with Gasteiger partial charge >= 0.3 is 11.8 Å². The number of amides is 3. The average molecular weight is 317 g/mol. The van der Waals surface area contributed by atoms with Crippen molar-refractivity contribution in [1.29, 1.82) is 0 Å². The first-order valence-electron chi connectivity index (χ1n) is 7.53. The minimum absolute atomic E-state index is 0.290. The Morgan fingerprint density at radius 2 is 1.83 bits per heavy atom. The fraction of sp³-hybridized carbons (Fsp3) is 0.353. The van der Waals surface area contributed by atoms with Crippen LogP contribution in [0.25, 0.3) is 0 Å². The van der Waals surface area contributed by atoms with Gasteiger partial charge in [0.05, 0.1) is 11.3 Å². The number of rotatable bonds is 7.